The lowest BCUT2D eigenvalue weighted by atomic mass is 10.1. The van der Waals surface area contributed by atoms with Crippen molar-refractivity contribution >= 4 is 5.95 Å². The molecule has 1 aromatic heterocycles. The molecule has 0 N–H and O–H groups in total. The van der Waals surface area contributed by atoms with Crippen molar-refractivity contribution in [2.75, 3.05) is 24.6 Å². The average molecular weight is 269 g/mol. The highest BCUT2D eigenvalue weighted by Crippen LogP contribution is 2.24. The fraction of sp³-hybridized carbons (Fsp3) is 0.375. The van der Waals surface area contributed by atoms with Crippen LogP contribution in [-0.4, -0.2) is 29.7 Å². The Morgan fingerprint density at radius 3 is 2.50 bits per heavy atom. The molecule has 0 aliphatic carbocycles. The smallest absolute Gasteiger partial charge is 0.225 e. The van der Waals surface area contributed by atoms with Crippen LogP contribution in [0.2, 0.25) is 0 Å². The van der Waals surface area contributed by atoms with E-state index in [1.165, 1.54) is 5.56 Å². The first kappa shape index (κ1) is 13.1. The lowest BCUT2D eigenvalue weighted by molar-refractivity contribution is 0.0392. The second-order valence-electron chi connectivity index (χ2n) is 5.17. The van der Waals surface area contributed by atoms with Crippen molar-refractivity contribution in [3.63, 3.8) is 0 Å². The molecule has 0 unspecified atom stereocenters. The van der Waals surface area contributed by atoms with Crippen molar-refractivity contribution in [2.45, 2.75) is 20.0 Å². The molecule has 0 radical (unpaired) electrons. The molecular formula is C16H19N3O. The number of aryl methyl sites for hydroxylation is 2. The predicted octanol–water partition coefficient (Wildman–Crippen LogP) is 2.67. The van der Waals surface area contributed by atoms with E-state index in [1.54, 1.807) is 0 Å². The van der Waals surface area contributed by atoms with Crippen molar-refractivity contribution in [3.8, 4) is 0 Å². The van der Waals surface area contributed by atoms with Gasteiger partial charge in [0.15, 0.2) is 0 Å². The molecule has 1 aliphatic heterocycles. The van der Waals surface area contributed by atoms with Crippen LogP contribution in [0.1, 0.15) is 23.1 Å². The van der Waals surface area contributed by atoms with Crippen LogP contribution in [0, 0.1) is 13.8 Å². The Labute approximate surface area is 119 Å². The number of ether oxygens (including phenoxy) is 1. The van der Waals surface area contributed by atoms with Gasteiger partial charge >= 0.3 is 0 Å². The molecule has 3 rings (SSSR count). The molecule has 0 saturated carbocycles. The second kappa shape index (κ2) is 5.59. The summed E-state index contributed by atoms with van der Waals surface area (Å²) in [5.41, 5.74) is 3.23. The molecule has 20 heavy (non-hydrogen) atoms. The molecule has 1 aliphatic rings. The van der Waals surface area contributed by atoms with Gasteiger partial charge in [-0.3, -0.25) is 0 Å². The van der Waals surface area contributed by atoms with Crippen LogP contribution in [0.3, 0.4) is 0 Å². The molecular weight excluding hydrogens is 250 g/mol. The molecule has 4 nitrogen and oxygen atoms in total. The van der Waals surface area contributed by atoms with E-state index < -0.39 is 0 Å². The number of anilines is 1. The number of nitrogens with zero attached hydrogens (tertiary/aromatic N) is 3. The van der Waals surface area contributed by atoms with Crippen molar-refractivity contribution in [1.82, 2.24) is 9.97 Å². The monoisotopic (exact) mass is 269 g/mol. The summed E-state index contributed by atoms with van der Waals surface area (Å²) >= 11 is 0. The van der Waals surface area contributed by atoms with E-state index in [1.807, 2.05) is 38.1 Å². The van der Waals surface area contributed by atoms with Crippen molar-refractivity contribution in [3.05, 3.63) is 53.3 Å². The maximum Gasteiger partial charge on any atom is 0.225 e. The summed E-state index contributed by atoms with van der Waals surface area (Å²) in [4.78, 5) is 11.3. The first-order chi connectivity index (χ1) is 9.72. The number of rotatable bonds is 2. The Morgan fingerprint density at radius 2 is 1.80 bits per heavy atom. The largest absolute Gasteiger partial charge is 0.370 e. The van der Waals surface area contributed by atoms with Gasteiger partial charge < -0.3 is 9.64 Å². The highest BCUT2D eigenvalue weighted by Gasteiger charge is 2.23. The molecule has 1 atom stereocenters. The van der Waals surface area contributed by atoms with E-state index in [4.69, 9.17) is 4.74 Å². The molecule has 4 heteroatoms. The summed E-state index contributed by atoms with van der Waals surface area (Å²) in [7, 11) is 0. The molecule has 0 amide bonds. The van der Waals surface area contributed by atoms with Crippen LogP contribution in [0.4, 0.5) is 5.95 Å². The van der Waals surface area contributed by atoms with Gasteiger partial charge in [0, 0.05) is 17.9 Å². The third kappa shape index (κ3) is 2.80. The van der Waals surface area contributed by atoms with Crippen LogP contribution >= 0.6 is 0 Å². The topological polar surface area (TPSA) is 38.2 Å². The summed E-state index contributed by atoms with van der Waals surface area (Å²) in [5.74, 6) is 0.812. The number of hydrogen-bond acceptors (Lipinski definition) is 4. The molecule has 0 spiro atoms. The summed E-state index contributed by atoms with van der Waals surface area (Å²) in [5, 5.41) is 0. The number of morpholine rings is 1. The van der Waals surface area contributed by atoms with Crippen molar-refractivity contribution in [2.24, 2.45) is 0 Å². The number of benzene rings is 1. The quantitative estimate of drug-likeness (QED) is 0.840. The second-order valence-corrected chi connectivity index (χ2v) is 5.17. The van der Waals surface area contributed by atoms with E-state index in [9.17, 15) is 0 Å². The maximum absolute atomic E-state index is 5.88. The van der Waals surface area contributed by atoms with E-state index in [0.29, 0.717) is 6.61 Å². The van der Waals surface area contributed by atoms with Gasteiger partial charge in [-0.05, 0) is 25.5 Å². The third-order valence-electron chi connectivity index (χ3n) is 3.49. The fourth-order valence-corrected chi connectivity index (χ4v) is 2.55. The van der Waals surface area contributed by atoms with Gasteiger partial charge in [0.05, 0.1) is 13.2 Å². The number of aromatic nitrogens is 2. The standard InChI is InChI=1S/C16H19N3O/c1-12-10-13(2)18-16(17-12)19-8-9-20-15(11-19)14-6-4-3-5-7-14/h3-7,10,15H,8-9,11H2,1-2H3/t15-/m0/s1. The van der Waals surface area contributed by atoms with Crippen LogP contribution in [0.15, 0.2) is 36.4 Å². The van der Waals surface area contributed by atoms with Gasteiger partial charge in [-0.2, -0.15) is 0 Å². The van der Waals surface area contributed by atoms with E-state index in [-0.39, 0.29) is 6.10 Å². The normalized spacial score (nSPS) is 19.1. The summed E-state index contributed by atoms with van der Waals surface area (Å²) < 4.78 is 5.88. The van der Waals surface area contributed by atoms with E-state index in [2.05, 4.69) is 27.0 Å². The molecule has 2 aromatic rings. The zero-order valence-electron chi connectivity index (χ0n) is 11.9. The van der Waals surface area contributed by atoms with Crippen LogP contribution in [0.5, 0.6) is 0 Å². The zero-order valence-corrected chi connectivity index (χ0v) is 11.9. The first-order valence-electron chi connectivity index (χ1n) is 6.96. The lowest BCUT2D eigenvalue weighted by Gasteiger charge is -2.33. The highest BCUT2D eigenvalue weighted by atomic mass is 16.5. The summed E-state index contributed by atoms with van der Waals surface area (Å²) in [6.07, 6.45) is 0.0920. The van der Waals surface area contributed by atoms with Crippen LogP contribution in [-0.2, 0) is 4.74 Å². The molecule has 1 aromatic carbocycles. The van der Waals surface area contributed by atoms with Gasteiger partial charge in [-0.15, -0.1) is 0 Å². The molecule has 104 valence electrons. The minimum atomic E-state index is 0.0920. The first-order valence-corrected chi connectivity index (χ1v) is 6.96. The Bertz CT molecular complexity index is 565. The van der Waals surface area contributed by atoms with Crippen LogP contribution in [0.25, 0.3) is 0 Å². The van der Waals surface area contributed by atoms with Gasteiger partial charge in [0.25, 0.3) is 0 Å². The van der Waals surface area contributed by atoms with Gasteiger partial charge in [0.2, 0.25) is 5.95 Å². The van der Waals surface area contributed by atoms with Crippen molar-refractivity contribution in [1.29, 1.82) is 0 Å². The summed E-state index contributed by atoms with van der Waals surface area (Å²) in [6, 6.07) is 12.3. The minimum Gasteiger partial charge on any atom is -0.370 e. The van der Waals surface area contributed by atoms with Crippen LogP contribution < -0.4 is 4.90 Å². The van der Waals surface area contributed by atoms with Gasteiger partial charge in [-0.1, -0.05) is 30.3 Å². The minimum absolute atomic E-state index is 0.0920. The van der Waals surface area contributed by atoms with E-state index >= 15 is 0 Å². The molecule has 2 heterocycles. The van der Waals surface area contributed by atoms with Gasteiger partial charge in [-0.25, -0.2) is 9.97 Å². The zero-order chi connectivity index (χ0) is 13.9. The average Bonchev–Trinajstić information content (AvgIpc) is 2.47. The predicted molar refractivity (Wildman–Crippen MR) is 78.9 cm³/mol. The molecule has 0 bridgehead atoms. The Morgan fingerprint density at radius 1 is 1.10 bits per heavy atom. The maximum atomic E-state index is 5.88. The van der Waals surface area contributed by atoms with E-state index in [0.717, 1.165) is 30.4 Å². The molecule has 1 saturated heterocycles. The highest BCUT2D eigenvalue weighted by molar-refractivity contribution is 5.34. The summed E-state index contributed by atoms with van der Waals surface area (Å²) in [6.45, 7) is 6.36. The van der Waals surface area contributed by atoms with Crippen molar-refractivity contribution < 1.29 is 4.74 Å². The Hall–Kier alpha value is -1.94. The third-order valence-corrected chi connectivity index (χ3v) is 3.49. The van der Waals surface area contributed by atoms with Gasteiger partial charge in [0.1, 0.15) is 6.10 Å². The fourth-order valence-electron chi connectivity index (χ4n) is 2.55. The SMILES string of the molecule is Cc1cc(C)nc(N2CCO[C@H](c3ccccc3)C2)n1. The Balaban J connectivity index is 1.81. The lowest BCUT2D eigenvalue weighted by Crippen LogP contribution is -2.39. The number of hydrogen-bond donors (Lipinski definition) is 0. The molecule has 1 fully saturated rings. The Kier molecular flexibility index (Phi) is 3.65.